The van der Waals surface area contributed by atoms with Crippen LogP contribution in [-0.2, 0) is 12.6 Å². The summed E-state index contributed by atoms with van der Waals surface area (Å²) in [5.41, 5.74) is -1.25. The van der Waals surface area contributed by atoms with Crippen molar-refractivity contribution in [1.82, 2.24) is 14.7 Å². The van der Waals surface area contributed by atoms with Crippen LogP contribution in [0.3, 0.4) is 0 Å². The molecule has 3 rings (SSSR count). The quantitative estimate of drug-likeness (QED) is 0.925. The Morgan fingerprint density at radius 2 is 2.23 bits per heavy atom. The summed E-state index contributed by atoms with van der Waals surface area (Å²) in [6.45, 7) is 1.77. The molecule has 0 bridgehead atoms. The highest BCUT2D eigenvalue weighted by Crippen LogP contribution is 2.31. The average Bonchev–Trinajstić information content (AvgIpc) is 2.47. The van der Waals surface area contributed by atoms with Crippen LogP contribution in [0, 0.1) is 5.92 Å². The third kappa shape index (κ3) is 2.99. The summed E-state index contributed by atoms with van der Waals surface area (Å²) in [4.78, 5) is 16.2. The van der Waals surface area contributed by atoms with Crippen LogP contribution in [-0.4, -0.2) is 22.5 Å². The van der Waals surface area contributed by atoms with Crippen molar-refractivity contribution in [1.29, 1.82) is 0 Å². The maximum absolute atomic E-state index is 13.1. The largest absolute Gasteiger partial charge is 0.419 e. The minimum atomic E-state index is -4.53. The molecule has 0 aromatic carbocycles. The highest BCUT2D eigenvalue weighted by molar-refractivity contribution is 5.49. The fourth-order valence-corrected chi connectivity index (χ4v) is 2.89. The predicted octanol–water partition coefficient (Wildman–Crippen LogP) is 2.26. The molecule has 7 heteroatoms. The maximum Gasteiger partial charge on any atom is 0.419 e. The lowest BCUT2D eigenvalue weighted by Crippen LogP contribution is -2.31. The zero-order chi connectivity index (χ0) is 15.7. The number of hydrogen-bond donors (Lipinski definition) is 1. The van der Waals surface area contributed by atoms with Gasteiger partial charge in [-0.25, -0.2) is 4.98 Å². The Labute approximate surface area is 125 Å². The van der Waals surface area contributed by atoms with Gasteiger partial charge in [0.05, 0.1) is 5.56 Å². The molecular weight excluding hydrogens is 295 g/mol. The molecule has 22 heavy (non-hydrogen) atoms. The van der Waals surface area contributed by atoms with Crippen LogP contribution in [0.25, 0.3) is 5.65 Å². The Morgan fingerprint density at radius 1 is 1.41 bits per heavy atom. The molecular formula is C15H16F3N3O. The Hall–Kier alpha value is -1.89. The first-order chi connectivity index (χ1) is 10.4. The molecule has 1 aliphatic heterocycles. The van der Waals surface area contributed by atoms with E-state index < -0.39 is 17.3 Å². The van der Waals surface area contributed by atoms with Gasteiger partial charge in [0.1, 0.15) is 0 Å². The fourth-order valence-electron chi connectivity index (χ4n) is 2.89. The minimum Gasteiger partial charge on any atom is -0.316 e. The Bertz CT molecular complexity index is 733. The smallest absolute Gasteiger partial charge is 0.316 e. The van der Waals surface area contributed by atoms with Crippen LogP contribution in [0.5, 0.6) is 0 Å². The Balaban J connectivity index is 2.04. The fraction of sp³-hybridized carbons (Fsp3) is 0.467. The molecule has 0 spiro atoms. The normalized spacial score (nSPS) is 19.5. The first-order valence-electron chi connectivity index (χ1n) is 7.24. The second-order valence-corrected chi connectivity index (χ2v) is 5.62. The molecule has 1 aliphatic rings. The van der Waals surface area contributed by atoms with Crippen LogP contribution in [0.2, 0.25) is 0 Å². The van der Waals surface area contributed by atoms with E-state index in [0.717, 1.165) is 36.4 Å². The number of aromatic nitrogens is 2. The van der Waals surface area contributed by atoms with Crippen molar-refractivity contribution in [2.45, 2.75) is 25.4 Å². The van der Waals surface area contributed by atoms with Crippen LogP contribution >= 0.6 is 0 Å². The molecule has 1 N–H and O–H groups in total. The zero-order valence-electron chi connectivity index (χ0n) is 11.9. The van der Waals surface area contributed by atoms with Crippen LogP contribution in [0.15, 0.2) is 29.2 Å². The standard InChI is InChI=1S/C15H16F3N3O/c16-15(17,18)12-4-2-6-21-13(22)8-11(20-14(12)21)7-10-3-1-5-19-9-10/h2,4,6,8,10,19H,1,3,5,7,9H2. The lowest BCUT2D eigenvalue weighted by Gasteiger charge is -2.22. The number of fused-ring (bicyclic) bond motifs is 1. The number of piperidine rings is 1. The third-order valence-electron chi connectivity index (χ3n) is 3.95. The van der Waals surface area contributed by atoms with Gasteiger partial charge in [-0.15, -0.1) is 0 Å². The lowest BCUT2D eigenvalue weighted by molar-refractivity contribution is -0.136. The molecule has 0 aliphatic carbocycles. The van der Waals surface area contributed by atoms with Gasteiger partial charge in [0, 0.05) is 18.0 Å². The predicted molar refractivity (Wildman–Crippen MR) is 75.8 cm³/mol. The van der Waals surface area contributed by atoms with E-state index in [4.69, 9.17) is 0 Å². The second kappa shape index (κ2) is 5.72. The summed E-state index contributed by atoms with van der Waals surface area (Å²) >= 11 is 0. The Morgan fingerprint density at radius 3 is 2.91 bits per heavy atom. The van der Waals surface area contributed by atoms with Gasteiger partial charge in [0.15, 0.2) is 5.65 Å². The number of rotatable bonds is 2. The second-order valence-electron chi connectivity index (χ2n) is 5.62. The van der Waals surface area contributed by atoms with Gasteiger partial charge in [-0.05, 0) is 50.4 Å². The van der Waals surface area contributed by atoms with E-state index in [1.54, 1.807) is 0 Å². The number of pyridine rings is 1. The van der Waals surface area contributed by atoms with Gasteiger partial charge in [-0.2, -0.15) is 13.2 Å². The van der Waals surface area contributed by atoms with Gasteiger partial charge < -0.3 is 5.32 Å². The topological polar surface area (TPSA) is 46.4 Å². The van der Waals surface area contributed by atoms with Gasteiger partial charge in [-0.3, -0.25) is 9.20 Å². The molecule has 3 heterocycles. The molecule has 1 atom stereocenters. The summed E-state index contributed by atoms with van der Waals surface area (Å²) < 4.78 is 40.2. The first kappa shape index (κ1) is 15.0. The van der Waals surface area contributed by atoms with Gasteiger partial charge in [0.2, 0.25) is 0 Å². The molecule has 2 aromatic rings. The van der Waals surface area contributed by atoms with Crippen molar-refractivity contribution in [3.8, 4) is 0 Å². The van der Waals surface area contributed by atoms with Crippen molar-refractivity contribution in [3.05, 3.63) is 46.0 Å². The van der Waals surface area contributed by atoms with Crippen molar-refractivity contribution < 1.29 is 13.2 Å². The molecule has 2 aromatic heterocycles. The summed E-state index contributed by atoms with van der Waals surface area (Å²) in [6.07, 6.45) is -0.673. The molecule has 0 amide bonds. The lowest BCUT2D eigenvalue weighted by atomic mass is 9.94. The SMILES string of the molecule is O=c1cc(CC2CCCNC2)nc2c(C(F)(F)F)cccn12. The number of nitrogens with zero attached hydrogens (tertiary/aromatic N) is 2. The molecule has 0 saturated carbocycles. The number of nitrogens with one attached hydrogen (secondary N) is 1. The van der Waals surface area contributed by atoms with Crippen LogP contribution < -0.4 is 10.9 Å². The molecule has 1 fully saturated rings. The molecule has 1 unspecified atom stereocenters. The van der Waals surface area contributed by atoms with Gasteiger partial charge >= 0.3 is 6.18 Å². The van der Waals surface area contributed by atoms with E-state index >= 15 is 0 Å². The van der Waals surface area contributed by atoms with Crippen molar-refractivity contribution in [2.24, 2.45) is 5.92 Å². The molecule has 118 valence electrons. The third-order valence-corrected chi connectivity index (χ3v) is 3.95. The highest BCUT2D eigenvalue weighted by atomic mass is 19.4. The van der Waals surface area contributed by atoms with E-state index in [2.05, 4.69) is 10.3 Å². The average molecular weight is 311 g/mol. The van der Waals surface area contributed by atoms with Gasteiger partial charge in [-0.1, -0.05) is 0 Å². The highest BCUT2D eigenvalue weighted by Gasteiger charge is 2.34. The van der Waals surface area contributed by atoms with Crippen LogP contribution in [0.1, 0.15) is 24.1 Å². The summed E-state index contributed by atoms with van der Waals surface area (Å²) in [7, 11) is 0. The molecule has 1 saturated heterocycles. The van der Waals surface area contributed by atoms with Crippen molar-refractivity contribution >= 4 is 5.65 Å². The van der Waals surface area contributed by atoms with E-state index in [1.165, 1.54) is 18.3 Å². The molecule has 0 radical (unpaired) electrons. The Kier molecular flexibility index (Phi) is 3.90. The first-order valence-corrected chi connectivity index (χ1v) is 7.24. The zero-order valence-corrected chi connectivity index (χ0v) is 11.9. The maximum atomic E-state index is 13.1. The van der Waals surface area contributed by atoms with E-state index in [0.29, 0.717) is 18.0 Å². The number of hydrogen-bond acceptors (Lipinski definition) is 3. The van der Waals surface area contributed by atoms with E-state index in [1.807, 2.05) is 0 Å². The summed E-state index contributed by atoms with van der Waals surface area (Å²) in [5, 5.41) is 3.25. The monoisotopic (exact) mass is 311 g/mol. The number of alkyl halides is 3. The van der Waals surface area contributed by atoms with E-state index in [-0.39, 0.29) is 5.65 Å². The minimum absolute atomic E-state index is 0.307. The summed E-state index contributed by atoms with van der Waals surface area (Å²) in [6, 6.07) is 3.50. The van der Waals surface area contributed by atoms with E-state index in [9.17, 15) is 18.0 Å². The van der Waals surface area contributed by atoms with Crippen molar-refractivity contribution in [3.63, 3.8) is 0 Å². The molecule has 4 nitrogen and oxygen atoms in total. The number of halogens is 3. The van der Waals surface area contributed by atoms with Crippen LogP contribution in [0.4, 0.5) is 13.2 Å². The van der Waals surface area contributed by atoms with Crippen molar-refractivity contribution in [2.75, 3.05) is 13.1 Å². The van der Waals surface area contributed by atoms with Gasteiger partial charge in [0.25, 0.3) is 5.56 Å². The summed E-state index contributed by atoms with van der Waals surface area (Å²) in [5.74, 6) is 0.307.